The predicted molar refractivity (Wildman–Crippen MR) is 69.1 cm³/mol. The van der Waals surface area contributed by atoms with E-state index in [1.165, 1.54) is 0 Å². The molecule has 2 atom stereocenters. The summed E-state index contributed by atoms with van der Waals surface area (Å²) in [5.74, 6) is 0.885. The molecule has 0 aromatic rings. The Morgan fingerprint density at radius 3 is 2.56 bits per heavy atom. The van der Waals surface area contributed by atoms with Crippen LogP contribution in [0.1, 0.15) is 26.7 Å². The van der Waals surface area contributed by atoms with Gasteiger partial charge in [0, 0.05) is 11.5 Å². The van der Waals surface area contributed by atoms with Crippen LogP contribution in [0.3, 0.4) is 0 Å². The first-order valence-electron chi connectivity index (χ1n) is 5.79. The fraction of sp³-hybridized carbons (Fsp3) is 0.400. The monoisotopic (exact) mass is 216 g/mol. The Hall–Kier alpha value is -1.37. The predicted octanol–water partition coefficient (Wildman–Crippen LogP) is 3.85. The van der Waals surface area contributed by atoms with E-state index in [4.69, 9.17) is 0 Å². The molecule has 0 aliphatic heterocycles. The first kappa shape index (κ1) is 12.7. The average Bonchev–Trinajstić information content (AvgIpc) is 2.35. The lowest BCUT2D eigenvalue weighted by atomic mass is 9.93. The Morgan fingerprint density at radius 2 is 2.00 bits per heavy atom. The van der Waals surface area contributed by atoms with E-state index in [1.54, 1.807) is 6.08 Å². The highest BCUT2D eigenvalue weighted by Crippen LogP contribution is 2.30. The van der Waals surface area contributed by atoms with Crippen molar-refractivity contribution < 1.29 is 4.79 Å². The molecule has 0 fully saturated rings. The third kappa shape index (κ3) is 2.82. The Kier molecular flexibility index (Phi) is 4.48. The smallest absolute Gasteiger partial charge is 0.165 e. The Morgan fingerprint density at radius 1 is 1.31 bits per heavy atom. The van der Waals surface area contributed by atoms with Crippen molar-refractivity contribution in [2.45, 2.75) is 26.7 Å². The van der Waals surface area contributed by atoms with E-state index in [-0.39, 0.29) is 11.7 Å². The zero-order valence-corrected chi connectivity index (χ0v) is 10.2. The van der Waals surface area contributed by atoms with Crippen LogP contribution in [0, 0.1) is 11.8 Å². The summed E-state index contributed by atoms with van der Waals surface area (Å²) in [4.78, 5) is 12.2. The topological polar surface area (TPSA) is 17.1 Å². The van der Waals surface area contributed by atoms with Gasteiger partial charge in [0.25, 0.3) is 0 Å². The summed E-state index contributed by atoms with van der Waals surface area (Å²) in [6, 6.07) is 0. The fourth-order valence-electron chi connectivity index (χ4n) is 2.25. The zero-order valence-electron chi connectivity index (χ0n) is 10.2. The standard InChI is InChI=1S/C15H20O/c1-5-7-8-14-13(6-2)10-11(3)9-12(4)15(14)16/h5-8,11-12H,1-2,9-10H2,3-4H3/b8-7-. The third-order valence-electron chi connectivity index (χ3n) is 3.03. The molecular formula is C15H20O. The number of carbonyl (C=O) groups is 1. The molecule has 1 aliphatic rings. The van der Waals surface area contributed by atoms with E-state index in [9.17, 15) is 4.79 Å². The largest absolute Gasteiger partial charge is 0.294 e. The molecule has 1 heteroatoms. The lowest BCUT2D eigenvalue weighted by Crippen LogP contribution is -2.12. The summed E-state index contributed by atoms with van der Waals surface area (Å²) in [6.45, 7) is 11.6. The quantitative estimate of drug-likeness (QED) is 0.655. The minimum Gasteiger partial charge on any atom is -0.294 e. The van der Waals surface area contributed by atoms with Gasteiger partial charge in [-0.25, -0.2) is 0 Å². The first-order chi connectivity index (χ1) is 7.60. The highest BCUT2D eigenvalue weighted by Gasteiger charge is 2.25. The third-order valence-corrected chi connectivity index (χ3v) is 3.03. The molecule has 0 radical (unpaired) electrons. The molecule has 0 spiro atoms. The van der Waals surface area contributed by atoms with Crippen LogP contribution >= 0.6 is 0 Å². The van der Waals surface area contributed by atoms with Gasteiger partial charge in [-0.3, -0.25) is 4.79 Å². The van der Waals surface area contributed by atoms with Crippen molar-refractivity contribution in [1.29, 1.82) is 0 Å². The van der Waals surface area contributed by atoms with Gasteiger partial charge in [0.15, 0.2) is 5.78 Å². The second-order valence-electron chi connectivity index (χ2n) is 4.55. The van der Waals surface area contributed by atoms with E-state index in [1.807, 2.05) is 25.2 Å². The van der Waals surface area contributed by atoms with Crippen molar-refractivity contribution in [3.63, 3.8) is 0 Å². The van der Waals surface area contributed by atoms with E-state index < -0.39 is 0 Å². The second kappa shape index (κ2) is 5.64. The molecule has 0 N–H and O–H groups in total. The summed E-state index contributed by atoms with van der Waals surface area (Å²) >= 11 is 0. The van der Waals surface area contributed by atoms with Gasteiger partial charge in [0.2, 0.25) is 0 Å². The molecule has 0 saturated carbocycles. The van der Waals surface area contributed by atoms with Gasteiger partial charge in [0.1, 0.15) is 0 Å². The lowest BCUT2D eigenvalue weighted by Gasteiger charge is -2.10. The van der Waals surface area contributed by atoms with Crippen molar-refractivity contribution in [1.82, 2.24) is 0 Å². The molecule has 86 valence electrons. The van der Waals surface area contributed by atoms with Crippen LogP contribution in [0.15, 0.2) is 48.6 Å². The summed E-state index contributed by atoms with van der Waals surface area (Å²) in [5.41, 5.74) is 1.88. The Bertz CT molecular complexity index is 358. The molecule has 16 heavy (non-hydrogen) atoms. The van der Waals surface area contributed by atoms with Crippen molar-refractivity contribution in [3.8, 4) is 0 Å². The number of hydrogen-bond acceptors (Lipinski definition) is 1. The maximum absolute atomic E-state index is 12.2. The molecule has 0 aromatic heterocycles. The van der Waals surface area contributed by atoms with Crippen LogP contribution in [0.4, 0.5) is 0 Å². The van der Waals surface area contributed by atoms with Crippen molar-refractivity contribution in [2.24, 2.45) is 11.8 Å². The summed E-state index contributed by atoms with van der Waals surface area (Å²) < 4.78 is 0. The number of carbonyl (C=O) groups excluding carboxylic acids is 1. The van der Waals surface area contributed by atoms with Crippen LogP contribution in [-0.4, -0.2) is 5.78 Å². The summed E-state index contributed by atoms with van der Waals surface area (Å²) in [7, 11) is 0. The highest BCUT2D eigenvalue weighted by molar-refractivity contribution is 6.01. The molecule has 2 unspecified atom stereocenters. The van der Waals surface area contributed by atoms with Crippen LogP contribution in [0.5, 0.6) is 0 Å². The number of hydrogen-bond donors (Lipinski definition) is 0. The van der Waals surface area contributed by atoms with Crippen LogP contribution in [-0.2, 0) is 4.79 Å². The average molecular weight is 216 g/mol. The molecule has 0 heterocycles. The van der Waals surface area contributed by atoms with Gasteiger partial charge in [-0.2, -0.15) is 0 Å². The molecular weight excluding hydrogens is 196 g/mol. The van der Waals surface area contributed by atoms with E-state index in [2.05, 4.69) is 20.1 Å². The maximum atomic E-state index is 12.2. The van der Waals surface area contributed by atoms with Crippen molar-refractivity contribution in [3.05, 3.63) is 48.6 Å². The number of allylic oxidation sites excluding steroid dienone is 6. The second-order valence-corrected chi connectivity index (χ2v) is 4.55. The van der Waals surface area contributed by atoms with Crippen molar-refractivity contribution >= 4 is 5.78 Å². The highest BCUT2D eigenvalue weighted by atomic mass is 16.1. The van der Waals surface area contributed by atoms with Gasteiger partial charge in [-0.15, -0.1) is 0 Å². The van der Waals surface area contributed by atoms with Gasteiger partial charge < -0.3 is 0 Å². The van der Waals surface area contributed by atoms with Crippen molar-refractivity contribution in [2.75, 3.05) is 0 Å². The molecule has 0 aromatic carbocycles. The maximum Gasteiger partial charge on any atom is 0.165 e. The molecule has 0 bridgehead atoms. The van der Waals surface area contributed by atoms with Gasteiger partial charge in [-0.1, -0.05) is 51.3 Å². The molecule has 0 amide bonds. The van der Waals surface area contributed by atoms with Gasteiger partial charge in [-0.05, 0) is 24.3 Å². The number of ketones is 1. The van der Waals surface area contributed by atoms with Crippen LogP contribution in [0.2, 0.25) is 0 Å². The Labute approximate surface area is 98.2 Å². The normalized spacial score (nSPS) is 27.0. The first-order valence-corrected chi connectivity index (χ1v) is 5.79. The SMILES string of the molecule is C=C/C=C\C1=C(C=C)CC(C)CC(C)C1=O. The van der Waals surface area contributed by atoms with Crippen LogP contribution < -0.4 is 0 Å². The fourth-order valence-corrected chi connectivity index (χ4v) is 2.25. The lowest BCUT2D eigenvalue weighted by molar-refractivity contribution is -0.118. The summed E-state index contributed by atoms with van der Waals surface area (Å²) in [6.07, 6.45) is 9.09. The molecule has 1 aliphatic carbocycles. The molecule has 1 rings (SSSR count). The van der Waals surface area contributed by atoms with E-state index in [0.717, 1.165) is 24.0 Å². The molecule has 1 nitrogen and oxygen atoms in total. The minimum absolute atomic E-state index is 0.108. The van der Waals surface area contributed by atoms with E-state index in [0.29, 0.717) is 5.92 Å². The van der Waals surface area contributed by atoms with Gasteiger partial charge in [0.05, 0.1) is 0 Å². The van der Waals surface area contributed by atoms with E-state index >= 15 is 0 Å². The molecule has 0 saturated heterocycles. The number of rotatable bonds is 3. The summed E-state index contributed by atoms with van der Waals surface area (Å²) in [5, 5.41) is 0. The number of Topliss-reactive ketones (excluding diaryl/α,β-unsaturated/α-hetero) is 1. The van der Waals surface area contributed by atoms with Crippen LogP contribution in [0.25, 0.3) is 0 Å². The Balaban J connectivity index is 3.17. The zero-order chi connectivity index (χ0) is 12.1. The minimum atomic E-state index is 0.108. The van der Waals surface area contributed by atoms with Gasteiger partial charge >= 0.3 is 0 Å².